The van der Waals surface area contributed by atoms with Crippen molar-refractivity contribution in [3.05, 3.63) is 12.3 Å². The number of aliphatic carboxylic acids is 1. The summed E-state index contributed by atoms with van der Waals surface area (Å²) >= 11 is 0. The van der Waals surface area contributed by atoms with Gasteiger partial charge in [0, 0.05) is 0 Å². The summed E-state index contributed by atoms with van der Waals surface area (Å²) in [4.78, 5) is 11.4. The summed E-state index contributed by atoms with van der Waals surface area (Å²) in [7, 11) is 5.69. The Labute approximate surface area is 143 Å². The summed E-state index contributed by atoms with van der Waals surface area (Å²) in [5.41, 5.74) is 0. The van der Waals surface area contributed by atoms with Crippen molar-refractivity contribution in [1.29, 1.82) is 0 Å². The molecule has 0 rings (SSSR count). The molecule has 0 saturated heterocycles. The van der Waals surface area contributed by atoms with E-state index in [0.717, 1.165) is 12.8 Å². The number of unbranched alkanes of at least 4 members (excludes halogenated alkanes) is 7. The van der Waals surface area contributed by atoms with Gasteiger partial charge in [0.15, 0.2) is 0 Å². The van der Waals surface area contributed by atoms with E-state index in [9.17, 15) is 9.90 Å². The molecule has 0 spiro atoms. The zero-order valence-corrected chi connectivity index (χ0v) is 15.9. The van der Waals surface area contributed by atoms with Crippen molar-refractivity contribution < 1.29 is 14.4 Å². The molecule has 0 amide bonds. The lowest BCUT2D eigenvalue weighted by Gasteiger charge is -2.39. The molecule has 23 heavy (non-hydrogen) atoms. The average molecular weight is 327 g/mol. The van der Waals surface area contributed by atoms with Gasteiger partial charge in [0.1, 0.15) is 12.0 Å². The minimum atomic E-state index is -0.989. The largest absolute Gasteiger partial charge is 0.544 e. The molecule has 0 aliphatic carbocycles. The molecule has 0 heterocycles. The third-order valence-corrected chi connectivity index (χ3v) is 4.30. The van der Waals surface area contributed by atoms with Crippen LogP contribution in [0.25, 0.3) is 0 Å². The lowest BCUT2D eigenvalue weighted by molar-refractivity contribution is -0.890. The average Bonchev–Trinajstić information content (AvgIpc) is 2.45. The topological polar surface area (TPSA) is 52.2 Å². The van der Waals surface area contributed by atoms with Gasteiger partial charge in [-0.05, 0) is 25.5 Å². The first-order valence-electron chi connectivity index (χ1n) is 9.27. The van der Waals surface area contributed by atoms with Crippen LogP contribution in [0, 0.1) is 0 Å². The molecule has 0 saturated carbocycles. The number of nitrogens with zero attached hydrogens (tertiary/aromatic N) is 1. The first-order chi connectivity index (χ1) is 10.8. The molecule has 4 heteroatoms. The Balaban J connectivity index is 4.04. The number of nitrogens with one attached hydrogen (secondary N) is 1. The molecule has 0 aliphatic rings. The standard InChI is InChI=1S/C19H38N2O2/c1-6-8-9-10-11-12-13-14-15-16-20-17(7-2)18(19(22)23)21(3,4)5/h15-18,20H,6-14H2,1-5H3. The highest BCUT2D eigenvalue weighted by Crippen LogP contribution is 2.11. The van der Waals surface area contributed by atoms with Gasteiger partial charge in [-0.1, -0.05) is 58.4 Å². The molecular weight excluding hydrogens is 288 g/mol. The molecule has 2 atom stereocenters. The van der Waals surface area contributed by atoms with Crippen molar-refractivity contribution in [3.63, 3.8) is 0 Å². The number of carboxylic acid groups (broad SMARTS) is 1. The molecule has 0 radical (unpaired) electrons. The molecular formula is C19H38N2O2. The van der Waals surface area contributed by atoms with Gasteiger partial charge >= 0.3 is 0 Å². The van der Waals surface area contributed by atoms with Gasteiger partial charge in [-0.2, -0.15) is 0 Å². The van der Waals surface area contributed by atoms with E-state index in [-0.39, 0.29) is 6.04 Å². The number of quaternary nitrogens is 1. The normalized spacial score (nSPS) is 14.8. The predicted octanol–water partition coefficient (Wildman–Crippen LogP) is 2.83. The number of hydrogen-bond acceptors (Lipinski definition) is 3. The molecule has 0 aromatic carbocycles. The van der Waals surface area contributed by atoms with Crippen LogP contribution in [-0.2, 0) is 4.79 Å². The molecule has 0 aromatic rings. The quantitative estimate of drug-likeness (QED) is 0.394. The van der Waals surface area contributed by atoms with Crippen molar-refractivity contribution >= 4 is 5.97 Å². The van der Waals surface area contributed by atoms with Crippen LogP contribution in [0.2, 0.25) is 0 Å². The number of carboxylic acids is 1. The Kier molecular flexibility index (Phi) is 11.8. The molecule has 4 nitrogen and oxygen atoms in total. The van der Waals surface area contributed by atoms with Crippen LogP contribution >= 0.6 is 0 Å². The summed E-state index contributed by atoms with van der Waals surface area (Å²) in [6.45, 7) is 4.25. The van der Waals surface area contributed by atoms with Crippen LogP contribution < -0.4 is 10.4 Å². The Hall–Kier alpha value is -1.03. The van der Waals surface area contributed by atoms with Crippen molar-refractivity contribution in [2.45, 2.75) is 83.7 Å². The number of rotatable bonds is 14. The van der Waals surface area contributed by atoms with Gasteiger partial charge in [0.25, 0.3) is 0 Å². The smallest absolute Gasteiger partial charge is 0.149 e. The van der Waals surface area contributed by atoms with Crippen molar-refractivity contribution in [2.75, 3.05) is 21.1 Å². The van der Waals surface area contributed by atoms with Gasteiger partial charge in [0.2, 0.25) is 0 Å². The number of likely N-dealkylation sites (N-methyl/N-ethyl adjacent to an activating group) is 1. The molecule has 0 bridgehead atoms. The van der Waals surface area contributed by atoms with Gasteiger partial charge in [-0.15, -0.1) is 0 Å². The maximum atomic E-state index is 11.4. The molecule has 136 valence electrons. The first kappa shape index (κ1) is 22.0. The van der Waals surface area contributed by atoms with E-state index < -0.39 is 12.0 Å². The fourth-order valence-electron chi connectivity index (χ4n) is 2.95. The van der Waals surface area contributed by atoms with Crippen LogP contribution in [0.4, 0.5) is 0 Å². The second-order valence-corrected chi connectivity index (χ2v) is 7.37. The minimum Gasteiger partial charge on any atom is -0.544 e. The predicted molar refractivity (Wildman–Crippen MR) is 95.8 cm³/mol. The summed E-state index contributed by atoms with van der Waals surface area (Å²) in [5, 5.41) is 14.7. The highest BCUT2D eigenvalue weighted by molar-refractivity contribution is 5.70. The van der Waals surface area contributed by atoms with Crippen LogP contribution in [-0.4, -0.2) is 43.7 Å². The molecule has 0 fully saturated rings. The van der Waals surface area contributed by atoms with E-state index >= 15 is 0 Å². The molecule has 1 N–H and O–H groups in total. The van der Waals surface area contributed by atoms with E-state index in [1.165, 1.54) is 44.9 Å². The van der Waals surface area contributed by atoms with Gasteiger partial charge in [-0.3, -0.25) is 0 Å². The molecule has 2 unspecified atom stereocenters. The Bertz CT molecular complexity index is 335. The van der Waals surface area contributed by atoms with E-state index in [0.29, 0.717) is 4.48 Å². The monoisotopic (exact) mass is 326 g/mol. The summed E-state index contributed by atoms with van der Waals surface area (Å²) in [6.07, 6.45) is 15.0. The second kappa shape index (κ2) is 12.4. The number of carbonyl (C=O) groups is 1. The zero-order chi connectivity index (χ0) is 17.7. The van der Waals surface area contributed by atoms with Gasteiger partial charge in [0.05, 0.1) is 27.2 Å². The van der Waals surface area contributed by atoms with Crippen LogP contribution in [0.1, 0.15) is 71.6 Å². The summed E-state index contributed by atoms with van der Waals surface area (Å²) in [5.74, 6) is -0.989. The van der Waals surface area contributed by atoms with Crippen molar-refractivity contribution in [1.82, 2.24) is 5.32 Å². The maximum Gasteiger partial charge on any atom is 0.149 e. The Morgan fingerprint density at radius 1 is 1.04 bits per heavy atom. The third kappa shape index (κ3) is 10.4. The van der Waals surface area contributed by atoms with Crippen molar-refractivity contribution in [3.8, 4) is 0 Å². The summed E-state index contributed by atoms with van der Waals surface area (Å²) < 4.78 is 0.361. The van der Waals surface area contributed by atoms with E-state index in [4.69, 9.17) is 0 Å². The first-order valence-corrected chi connectivity index (χ1v) is 9.27. The Morgan fingerprint density at radius 2 is 1.61 bits per heavy atom. The fraction of sp³-hybridized carbons (Fsp3) is 0.842. The minimum absolute atomic E-state index is 0.106. The third-order valence-electron chi connectivity index (χ3n) is 4.30. The summed E-state index contributed by atoms with van der Waals surface area (Å²) in [6, 6.07) is -0.659. The van der Waals surface area contributed by atoms with E-state index in [1.807, 2.05) is 34.3 Å². The molecule has 0 aliphatic heterocycles. The number of hydrogen-bond donors (Lipinski definition) is 1. The molecule has 0 aromatic heterocycles. The van der Waals surface area contributed by atoms with Gasteiger partial charge in [-0.25, -0.2) is 0 Å². The lowest BCUT2D eigenvalue weighted by Crippen LogP contribution is -2.62. The van der Waals surface area contributed by atoms with Crippen LogP contribution in [0.5, 0.6) is 0 Å². The SMILES string of the molecule is CCCCCCCCCC=CNC(CC)C(C(=O)[O-])[N+](C)(C)C. The van der Waals surface area contributed by atoms with Gasteiger partial charge < -0.3 is 19.7 Å². The van der Waals surface area contributed by atoms with Crippen LogP contribution in [0.3, 0.4) is 0 Å². The highest BCUT2D eigenvalue weighted by atomic mass is 16.4. The highest BCUT2D eigenvalue weighted by Gasteiger charge is 2.32. The fourth-order valence-corrected chi connectivity index (χ4v) is 2.95. The zero-order valence-electron chi connectivity index (χ0n) is 15.9. The second-order valence-electron chi connectivity index (χ2n) is 7.37. The van der Waals surface area contributed by atoms with E-state index in [1.54, 1.807) is 0 Å². The maximum absolute atomic E-state index is 11.4. The van der Waals surface area contributed by atoms with Crippen LogP contribution in [0.15, 0.2) is 12.3 Å². The van der Waals surface area contributed by atoms with Crippen molar-refractivity contribution in [2.24, 2.45) is 0 Å². The lowest BCUT2D eigenvalue weighted by atomic mass is 10.0. The van der Waals surface area contributed by atoms with E-state index in [2.05, 4.69) is 18.3 Å². The Morgan fingerprint density at radius 3 is 2.09 bits per heavy atom. The number of carbonyl (C=O) groups excluding carboxylic acids is 1. The number of allylic oxidation sites excluding steroid dienone is 1.